The monoisotopic (exact) mass is 375 g/mol. The Hall–Kier alpha value is -2.62. The van der Waals surface area contributed by atoms with Gasteiger partial charge >= 0.3 is 6.18 Å². The number of ether oxygens (including phenoxy) is 2. The molecule has 6 nitrogen and oxygen atoms in total. The molecule has 26 heavy (non-hydrogen) atoms. The van der Waals surface area contributed by atoms with E-state index in [9.17, 15) is 22.4 Å². The summed E-state index contributed by atoms with van der Waals surface area (Å²) >= 11 is 0. The standard InChI is InChI=1S/C16H17F4N3O3/c1-9(24)22-10-3-4-13(17)12(5-10)15(2)6-11(26-14(21)23-15)7-25-8-16(18,19)20/h3-6H,7-8H2,1-2H3,(H2,21,23)(H,22,24)/t15-/m0/s1. The third kappa shape index (κ3) is 5.19. The van der Waals surface area contributed by atoms with Gasteiger partial charge in [0.05, 0.1) is 0 Å². The van der Waals surface area contributed by atoms with Crippen LogP contribution in [-0.4, -0.2) is 31.3 Å². The second kappa shape index (κ2) is 7.32. The van der Waals surface area contributed by atoms with Crippen molar-refractivity contribution in [1.82, 2.24) is 0 Å². The van der Waals surface area contributed by atoms with Gasteiger partial charge in [0.25, 0.3) is 6.02 Å². The van der Waals surface area contributed by atoms with Crippen molar-refractivity contribution in [3.05, 3.63) is 41.4 Å². The van der Waals surface area contributed by atoms with E-state index in [1.807, 2.05) is 0 Å². The van der Waals surface area contributed by atoms with Gasteiger partial charge in [0, 0.05) is 18.2 Å². The van der Waals surface area contributed by atoms with E-state index >= 15 is 0 Å². The second-order valence-electron chi connectivity index (χ2n) is 5.79. The molecule has 1 atom stereocenters. The van der Waals surface area contributed by atoms with Crippen molar-refractivity contribution < 1.29 is 31.8 Å². The number of hydrogen-bond donors (Lipinski definition) is 2. The number of hydrogen-bond acceptors (Lipinski definition) is 5. The van der Waals surface area contributed by atoms with Crippen LogP contribution in [-0.2, 0) is 19.8 Å². The third-order valence-corrected chi connectivity index (χ3v) is 3.36. The lowest BCUT2D eigenvalue weighted by Crippen LogP contribution is -2.32. The van der Waals surface area contributed by atoms with Gasteiger partial charge in [-0.1, -0.05) is 0 Å². The van der Waals surface area contributed by atoms with E-state index in [-0.39, 0.29) is 23.3 Å². The number of amides is 1. The number of aliphatic imine (C=N–C) groups is 1. The van der Waals surface area contributed by atoms with Crippen molar-refractivity contribution >= 4 is 17.6 Å². The Balaban J connectivity index is 2.30. The smallest absolute Gasteiger partial charge is 0.411 e. The minimum Gasteiger partial charge on any atom is -0.429 e. The lowest BCUT2D eigenvalue weighted by Gasteiger charge is -2.28. The first-order chi connectivity index (χ1) is 12.0. The lowest BCUT2D eigenvalue weighted by atomic mass is 9.90. The molecule has 10 heteroatoms. The molecule has 0 aromatic heterocycles. The van der Waals surface area contributed by atoms with Crippen LogP contribution in [0.2, 0.25) is 0 Å². The molecule has 1 aliphatic rings. The molecule has 142 valence electrons. The Labute approximate surface area is 146 Å². The van der Waals surface area contributed by atoms with Gasteiger partial charge in [-0.15, -0.1) is 0 Å². The van der Waals surface area contributed by atoms with Crippen molar-refractivity contribution in [3.8, 4) is 0 Å². The maximum atomic E-state index is 14.3. The number of nitrogens with one attached hydrogen (secondary N) is 1. The van der Waals surface area contributed by atoms with Crippen molar-refractivity contribution in [3.63, 3.8) is 0 Å². The normalized spacial score (nSPS) is 20.1. The molecule has 0 aliphatic carbocycles. The van der Waals surface area contributed by atoms with Gasteiger partial charge in [0.1, 0.15) is 30.3 Å². The Bertz CT molecular complexity index is 762. The first-order valence-electron chi connectivity index (χ1n) is 7.45. The maximum Gasteiger partial charge on any atom is 0.411 e. The molecule has 1 heterocycles. The lowest BCUT2D eigenvalue weighted by molar-refractivity contribution is -0.172. The SMILES string of the molecule is CC(=O)Nc1ccc(F)c([C@]2(C)C=C(COCC(F)(F)F)OC(N)=N2)c1. The number of carbonyl (C=O) groups excluding carboxylic acids is 1. The highest BCUT2D eigenvalue weighted by molar-refractivity contribution is 5.88. The van der Waals surface area contributed by atoms with Gasteiger partial charge in [-0.05, 0) is 31.2 Å². The minimum absolute atomic E-state index is 0.0337. The van der Waals surface area contributed by atoms with Crippen molar-refractivity contribution in [1.29, 1.82) is 0 Å². The van der Waals surface area contributed by atoms with Crippen molar-refractivity contribution in [2.45, 2.75) is 25.6 Å². The van der Waals surface area contributed by atoms with Crippen LogP contribution in [0.25, 0.3) is 0 Å². The number of nitrogens with zero attached hydrogens (tertiary/aromatic N) is 1. The molecule has 1 amide bonds. The number of amidine groups is 1. The van der Waals surface area contributed by atoms with Crippen LogP contribution in [0.4, 0.5) is 23.2 Å². The highest BCUT2D eigenvalue weighted by Gasteiger charge is 2.33. The van der Waals surface area contributed by atoms with Crippen LogP contribution in [0, 0.1) is 5.82 Å². The van der Waals surface area contributed by atoms with Gasteiger partial charge in [-0.3, -0.25) is 4.79 Å². The van der Waals surface area contributed by atoms with Gasteiger partial charge in [0.2, 0.25) is 5.91 Å². The molecular formula is C16H17F4N3O3. The zero-order valence-electron chi connectivity index (χ0n) is 14.0. The summed E-state index contributed by atoms with van der Waals surface area (Å²) in [6.45, 7) is 0.819. The van der Waals surface area contributed by atoms with E-state index in [1.165, 1.54) is 32.1 Å². The van der Waals surface area contributed by atoms with E-state index in [0.29, 0.717) is 5.69 Å². The third-order valence-electron chi connectivity index (χ3n) is 3.36. The summed E-state index contributed by atoms with van der Waals surface area (Å²) in [7, 11) is 0. The second-order valence-corrected chi connectivity index (χ2v) is 5.79. The highest BCUT2D eigenvalue weighted by Crippen LogP contribution is 2.35. The van der Waals surface area contributed by atoms with Crippen molar-refractivity contribution in [2.24, 2.45) is 10.7 Å². The van der Waals surface area contributed by atoms with Crippen LogP contribution >= 0.6 is 0 Å². The topological polar surface area (TPSA) is 85.9 Å². The molecule has 1 aromatic carbocycles. The summed E-state index contributed by atoms with van der Waals surface area (Å²) in [5.74, 6) is -1.01. The van der Waals surface area contributed by atoms with Crippen LogP contribution in [0.15, 0.2) is 35.0 Å². The maximum absolute atomic E-state index is 14.3. The van der Waals surface area contributed by atoms with E-state index in [1.54, 1.807) is 0 Å². The predicted molar refractivity (Wildman–Crippen MR) is 85.7 cm³/mol. The summed E-state index contributed by atoms with van der Waals surface area (Å²) in [4.78, 5) is 15.2. The van der Waals surface area contributed by atoms with E-state index in [2.05, 4.69) is 15.0 Å². The van der Waals surface area contributed by atoms with E-state index < -0.39 is 30.7 Å². The van der Waals surface area contributed by atoms with Gasteiger partial charge in [-0.25, -0.2) is 9.38 Å². The van der Waals surface area contributed by atoms with Gasteiger partial charge < -0.3 is 20.5 Å². The summed E-state index contributed by atoms with van der Waals surface area (Å²) in [5, 5.41) is 2.52. The molecule has 0 unspecified atom stereocenters. The summed E-state index contributed by atoms with van der Waals surface area (Å²) in [5.41, 5.74) is 4.62. The Morgan fingerprint density at radius 2 is 2.12 bits per heavy atom. The highest BCUT2D eigenvalue weighted by atomic mass is 19.4. The van der Waals surface area contributed by atoms with Crippen LogP contribution < -0.4 is 11.1 Å². The quantitative estimate of drug-likeness (QED) is 0.775. The number of alkyl halides is 3. The van der Waals surface area contributed by atoms with E-state index in [4.69, 9.17) is 10.5 Å². The van der Waals surface area contributed by atoms with Crippen LogP contribution in [0.5, 0.6) is 0 Å². The Morgan fingerprint density at radius 1 is 1.42 bits per heavy atom. The summed E-state index contributed by atoms with van der Waals surface area (Å²) in [6.07, 6.45) is -3.17. The molecular weight excluding hydrogens is 358 g/mol. The predicted octanol–water partition coefficient (Wildman–Crippen LogP) is 2.81. The fourth-order valence-corrected chi connectivity index (χ4v) is 2.43. The number of halogens is 4. The molecule has 0 saturated carbocycles. The number of rotatable bonds is 5. The Kier molecular flexibility index (Phi) is 5.55. The zero-order chi connectivity index (χ0) is 19.5. The minimum atomic E-state index is -4.49. The van der Waals surface area contributed by atoms with Gasteiger partial charge in [0.15, 0.2) is 0 Å². The number of benzene rings is 1. The summed E-state index contributed by atoms with van der Waals surface area (Å²) < 4.78 is 60.5. The van der Waals surface area contributed by atoms with E-state index in [0.717, 1.165) is 6.07 Å². The number of anilines is 1. The molecule has 0 radical (unpaired) electrons. The fraction of sp³-hybridized carbons (Fsp3) is 0.375. The molecule has 0 fully saturated rings. The first-order valence-corrected chi connectivity index (χ1v) is 7.45. The molecule has 1 aromatic rings. The molecule has 1 aliphatic heterocycles. The largest absolute Gasteiger partial charge is 0.429 e. The zero-order valence-corrected chi connectivity index (χ0v) is 14.0. The molecule has 0 spiro atoms. The molecule has 0 saturated heterocycles. The average Bonchev–Trinajstić information content (AvgIpc) is 2.46. The molecule has 2 rings (SSSR count). The average molecular weight is 375 g/mol. The molecule has 3 N–H and O–H groups in total. The number of carbonyl (C=O) groups is 1. The van der Waals surface area contributed by atoms with Gasteiger partial charge in [-0.2, -0.15) is 13.2 Å². The molecule has 0 bridgehead atoms. The van der Waals surface area contributed by atoms with Crippen molar-refractivity contribution in [2.75, 3.05) is 18.5 Å². The first kappa shape index (κ1) is 19.7. The fourth-order valence-electron chi connectivity index (χ4n) is 2.43. The summed E-state index contributed by atoms with van der Waals surface area (Å²) in [6, 6.07) is 3.53. The van der Waals surface area contributed by atoms with Crippen LogP contribution in [0.1, 0.15) is 19.4 Å². The van der Waals surface area contributed by atoms with Crippen LogP contribution in [0.3, 0.4) is 0 Å². The Morgan fingerprint density at radius 3 is 2.73 bits per heavy atom. The number of nitrogens with two attached hydrogens (primary N) is 1.